The van der Waals surface area contributed by atoms with Gasteiger partial charge in [0.2, 0.25) is 32.0 Å². The van der Waals surface area contributed by atoms with Gasteiger partial charge in [0.05, 0.1) is 12.9 Å². The van der Waals surface area contributed by atoms with Crippen molar-refractivity contribution in [3.05, 3.63) is 129 Å². The summed E-state index contributed by atoms with van der Waals surface area (Å²) in [6.07, 6.45) is 0.756. The van der Waals surface area contributed by atoms with Gasteiger partial charge in [0.15, 0.2) is 11.6 Å². The fraction of sp³-hybridized carbons (Fsp3) is 0.404. The third-order valence-electron chi connectivity index (χ3n) is 10.2. The van der Waals surface area contributed by atoms with Gasteiger partial charge in [0.25, 0.3) is 0 Å². The molecule has 2 amide bonds. The van der Waals surface area contributed by atoms with E-state index in [0.717, 1.165) is 19.1 Å². The van der Waals surface area contributed by atoms with Crippen molar-refractivity contribution in [3.63, 3.8) is 0 Å². The Morgan fingerprint density at radius 1 is 0.714 bits per heavy atom. The minimum absolute atomic E-state index is 0. The molecule has 2 N–H and O–H groups in total. The number of halogens is 3. The van der Waals surface area contributed by atoms with Gasteiger partial charge in [-0.2, -0.15) is 0 Å². The molecule has 0 saturated heterocycles. The van der Waals surface area contributed by atoms with Gasteiger partial charge in [-0.1, -0.05) is 25.6 Å². The third-order valence-corrected chi connectivity index (χ3v) is 14.5. The maximum Gasteiger partial charge on any atom is 0.414 e. The lowest BCUT2D eigenvalue weighted by molar-refractivity contribution is 0.0546. The number of ketones is 2. The molecular weight excluding hydrogens is 1020 g/mol. The number of ether oxygens (including phenoxy) is 2. The Labute approximate surface area is 417 Å². The van der Waals surface area contributed by atoms with Crippen LogP contribution in [-0.4, -0.2) is 108 Å². The molecule has 2 aromatic heterocycles. The van der Waals surface area contributed by atoms with Gasteiger partial charge in [-0.15, -0.1) is 0 Å². The molecule has 0 fully saturated rings. The second-order valence-corrected chi connectivity index (χ2v) is 23.4. The van der Waals surface area contributed by atoms with E-state index in [9.17, 15) is 44.8 Å². The fourth-order valence-electron chi connectivity index (χ4n) is 6.89. The van der Waals surface area contributed by atoms with E-state index >= 15 is 0 Å². The number of Topliss-reactive ketones (excluding diaryl/α,β-unsaturated/α-hetero) is 2. The predicted octanol–water partition coefficient (Wildman–Crippen LogP) is 7.43. The molecule has 18 nitrogen and oxygen atoms in total. The van der Waals surface area contributed by atoms with Gasteiger partial charge >= 0.3 is 12.2 Å². The van der Waals surface area contributed by atoms with Crippen LogP contribution in [-0.2, 0) is 53.4 Å². The summed E-state index contributed by atoms with van der Waals surface area (Å²) in [5.41, 5.74) is -3.60. The molecule has 23 heteroatoms. The number of hydrogen-bond donors (Lipinski definition) is 2. The minimum atomic E-state index is -3.98. The number of aliphatic imine (C=N–C) groups is 2. The predicted molar refractivity (Wildman–Crippen MR) is 263 cm³/mol. The highest BCUT2D eigenvalue weighted by atomic mass is 79.9. The number of nitrogens with one attached hydrogen (secondary N) is 2. The second-order valence-electron chi connectivity index (χ2n) is 18.5. The first-order valence-corrected chi connectivity index (χ1v) is 25.0. The number of hydrogen-bond acceptors (Lipinski definition) is 14. The van der Waals surface area contributed by atoms with E-state index in [4.69, 9.17) is 10.8 Å². The van der Waals surface area contributed by atoms with Gasteiger partial charge < -0.3 is 9.47 Å². The fourth-order valence-corrected chi connectivity index (χ4v) is 10.1. The Hall–Kier alpha value is -6.20. The van der Waals surface area contributed by atoms with Gasteiger partial charge in [-0.25, -0.2) is 53.8 Å². The third kappa shape index (κ3) is 14.4. The monoisotopic (exact) mass is 1080 g/mol. The van der Waals surface area contributed by atoms with Crippen molar-refractivity contribution < 1.29 is 55.6 Å². The molecule has 4 aromatic rings. The lowest BCUT2D eigenvalue weighted by Crippen LogP contribution is -2.54. The maximum absolute atomic E-state index is 15.0. The van der Waals surface area contributed by atoms with E-state index in [1.165, 1.54) is 82.8 Å². The van der Waals surface area contributed by atoms with Crippen LogP contribution >= 0.6 is 15.9 Å². The van der Waals surface area contributed by atoms with E-state index in [1.807, 2.05) is 0 Å². The number of guanidine groups is 2. The van der Waals surface area contributed by atoms with Crippen LogP contribution in [0.4, 0.5) is 18.4 Å². The summed E-state index contributed by atoms with van der Waals surface area (Å²) in [5, 5.41) is 4.68. The molecule has 0 bridgehead atoms. The number of amides is 2. The molecule has 2 aromatic carbocycles. The molecule has 4 heterocycles. The molecule has 2 aliphatic rings. The quantitative estimate of drug-likeness (QED) is 0.164. The van der Waals surface area contributed by atoms with E-state index < -0.39 is 77.7 Å². The summed E-state index contributed by atoms with van der Waals surface area (Å²) >= 11 is 3.26. The Morgan fingerprint density at radius 3 is 1.49 bits per heavy atom. The number of aromatic nitrogens is 2. The molecule has 378 valence electrons. The van der Waals surface area contributed by atoms with Crippen molar-refractivity contribution in [1.82, 2.24) is 29.2 Å². The summed E-state index contributed by atoms with van der Waals surface area (Å²) in [5.74, 6) is -3.74. The summed E-state index contributed by atoms with van der Waals surface area (Å²) in [4.78, 5) is 66.6. The van der Waals surface area contributed by atoms with Gasteiger partial charge in [0.1, 0.15) is 45.3 Å². The molecule has 2 atom stereocenters. The van der Waals surface area contributed by atoms with Crippen molar-refractivity contribution in [3.8, 4) is 0 Å². The first-order valence-electron chi connectivity index (χ1n) is 21.5. The van der Waals surface area contributed by atoms with Crippen LogP contribution in [0.3, 0.4) is 0 Å². The Kier molecular flexibility index (Phi) is 16.8. The Balaban J connectivity index is 0.000000304. The standard InChI is InChI=1S/C23H26BrFN4O5S.C23H27FN4O5S.CH4/c1-22(2,3)34-21(31)27-20-28-23(4,13-35(32,33)29(20)5)16-10-14(6-8-17(16)25)11-19(30)18-9-7-15(24)12-26-18;1-22(2,3)33-21(30)26-20-27-23(4,14-34(31,32)28(20)5)16-12-15(9-10-17(16)24)13-19(29)18-8-6-7-11-25-18;/h6-10,12H,11,13H2,1-5H3,(H,27,28,31);6-12H,13-14H2,1-5H3,(H,26,27,30);1H4/t2*23-;/m00./s1/i;7D;. The van der Waals surface area contributed by atoms with Crippen molar-refractivity contribution in [1.29, 1.82) is 0 Å². The lowest BCUT2D eigenvalue weighted by atomic mass is 9.91. The molecule has 0 unspecified atom stereocenters. The molecule has 2 aliphatic heterocycles. The summed E-state index contributed by atoms with van der Waals surface area (Å²) in [6.45, 7) is 12.8. The van der Waals surface area contributed by atoms with E-state index in [1.54, 1.807) is 53.7 Å². The number of rotatable bonds is 8. The SMILES string of the molecule is C.CN1C(NC(=O)OC(C)(C)C)=N[C@](C)(c2cc(CC(=O)c3ccc(Br)cn3)ccc2F)CS1(=O)=O.[2H]c1ccc(C(=O)Cc2ccc(F)c([C@]3(C)CS(=O)(=O)N(C)C(NC(=O)OC(C)(C)C)=N3)c2)nc1. The number of carbonyl (C=O) groups excluding carboxylic acids is 4. The minimum Gasteiger partial charge on any atom is -0.444 e. The number of benzene rings is 2. The van der Waals surface area contributed by atoms with Crippen LogP contribution in [0.1, 0.15) is 107 Å². The van der Waals surface area contributed by atoms with Crippen LogP contribution in [0.5, 0.6) is 0 Å². The summed E-state index contributed by atoms with van der Waals surface area (Å²) in [6, 6.07) is 14.3. The molecular formula is C47H57BrF2N8O10S2. The number of nitrogens with zero attached hydrogens (tertiary/aromatic N) is 6. The molecule has 0 radical (unpaired) electrons. The van der Waals surface area contributed by atoms with E-state index in [-0.39, 0.29) is 72.3 Å². The Morgan fingerprint density at radius 2 is 1.13 bits per heavy atom. The average molecular weight is 1080 g/mol. The van der Waals surface area contributed by atoms with E-state index in [0.29, 0.717) is 11.1 Å². The van der Waals surface area contributed by atoms with Crippen LogP contribution in [0, 0.1) is 11.6 Å². The number of carbonyl (C=O) groups is 4. The number of sulfonamides is 2. The van der Waals surface area contributed by atoms with Gasteiger partial charge in [-0.3, -0.25) is 30.2 Å². The normalized spacial score (nSPS) is 19.6. The molecule has 0 saturated carbocycles. The van der Waals surface area contributed by atoms with Crippen molar-refractivity contribution in [2.45, 2.75) is 97.9 Å². The zero-order valence-electron chi connectivity index (χ0n) is 40.5. The summed E-state index contributed by atoms with van der Waals surface area (Å²) in [7, 11) is -5.49. The zero-order chi connectivity index (χ0) is 52.4. The molecule has 6 rings (SSSR count). The van der Waals surface area contributed by atoms with E-state index in [2.05, 4.69) is 46.5 Å². The summed E-state index contributed by atoms with van der Waals surface area (Å²) < 4.78 is 102. The molecule has 70 heavy (non-hydrogen) atoms. The molecule has 0 aliphatic carbocycles. The van der Waals surface area contributed by atoms with Gasteiger partial charge in [-0.05, 0) is 131 Å². The maximum atomic E-state index is 15.0. The smallest absolute Gasteiger partial charge is 0.414 e. The molecule has 0 spiro atoms. The highest BCUT2D eigenvalue weighted by Crippen LogP contribution is 2.36. The average Bonchev–Trinajstić information content (AvgIpc) is 3.22. The Bertz CT molecular complexity index is 2790. The van der Waals surface area contributed by atoms with Crippen LogP contribution in [0.2, 0.25) is 0 Å². The first-order chi connectivity index (χ1) is 32.2. The first kappa shape index (κ1) is 54.7. The largest absolute Gasteiger partial charge is 0.444 e. The van der Waals surface area contributed by atoms with Crippen LogP contribution < -0.4 is 10.6 Å². The second kappa shape index (κ2) is 21.4. The van der Waals surface area contributed by atoms with Gasteiger partial charge in [0, 0.05) is 54.9 Å². The highest BCUT2D eigenvalue weighted by Gasteiger charge is 2.45. The highest BCUT2D eigenvalue weighted by molar-refractivity contribution is 9.10. The van der Waals surface area contributed by atoms with Crippen LogP contribution in [0.15, 0.2) is 93.6 Å². The van der Waals surface area contributed by atoms with Crippen molar-refractivity contribution in [2.24, 2.45) is 9.98 Å². The zero-order valence-corrected chi connectivity index (χ0v) is 42.7. The topological polar surface area (TPSA) is 236 Å². The lowest BCUT2D eigenvalue weighted by Gasteiger charge is -2.36. The van der Waals surface area contributed by atoms with Crippen molar-refractivity contribution in [2.75, 3.05) is 25.6 Å². The number of alkyl carbamates (subject to hydrolysis) is 2. The number of pyridine rings is 2. The van der Waals surface area contributed by atoms with Crippen LogP contribution in [0.25, 0.3) is 0 Å². The van der Waals surface area contributed by atoms with Crippen molar-refractivity contribution >= 4 is 71.6 Å².